The van der Waals surface area contributed by atoms with E-state index in [-0.39, 0.29) is 18.1 Å². The highest BCUT2D eigenvalue weighted by Crippen LogP contribution is 2.29. The van der Waals surface area contributed by atoms with Gasteiger partial charge in [0.25, 0.3) is 5.69 Å². The Bertz CT molecular complexity index is 551. The van der Waals surface area contributed by atoms with E-state index in [4.69, 9.17) is 5.26 Å². The molecule has 0 saturated carbocycles. The van der Waals surface area contributed by atoms with E-state index in [0.29, 0.717) is 24.3 Å². The molecule has 0 spiro atoms. The third-order valence-electron chi connectivity index (χ3n) is 2.84. The maximum absolute atomic E-state index is 11.2. The van der Waals surface area contributed by atoms with Gasteiger partial charge in [-0.05, 0) is 19.1 Å². The highest BCUT2D eigenvalue weighted by molar-refractivity contribution is 5.71. The summed E-state index contributed by atoms with van der Waals surface area (Å²) in [5, 5.41) is 19.9. The van der Waals surface area contributed by atoms with E-state index in [9.17, 15) is 14.9 Å². The summed E-state index contributed by atoms with van der Waals surface area (Å²) < 4.78 is 4.55. The van der Waals surface area contributed by atoms with Crippen LogP contribution in [0.4, 0.5) is 11.4 Å². The van der Waals surface area contributed by atoms with Gasteiger partial charge in [0.15, 0.2) is 0 Å². The number of ether oxygens (including phenoxy) is 1. The number of carbonyl (C=O) groups is 1. The van der Waals surface area contributed by atoms with Crippen molar-refractivity contribution < 1.29 is 14.5 Å². The second-order valence-electron chi connectivity index (χ2n) is 3.98. The number of methoxy groups -OCH3 is 1. The molecular weight excluding hydrogens is 262 g/mol. The first-order valence-corrected chi connectivity index (χ1v) is 6.03. The first-order chi connectivity index (χ1) is 9.53. The van der Waals surface area contributed by atoms with Crippen molar-refractivity contribution in [1.82, 2.24) is 0 Å². The zero-order chi connectivity index (χ0) is 15.1. The highest BCUT2D eigenvalue weighted by atomic mass is 16.6. The standard InChI is InChI=1S/C13H15N3O4/c1-3-15(7-6-13(17)20-2)12-8-10(9-14)4-5-11(12)16(18)19/h4-5,8H,3,6-7H2,1-2H3. The Labute approximate surface area is 116 Å². The number of hydrogen-bond donors (Lipinski definition) is 0. The van der Waals surface area contributed by atoms with Gasteiger partial charge in [-0.25, -0.2) is 0 Å². The lowest BCUT2D eigenvalue weighted by Gasteiger charge is -2.22. The number of carbonyl (C=O) groups excluding carboxylic acids is 1. The molecule has 106 valence electrons. The lowest BCUT2D eigenvalue weighted by molar-refractivity contribution is -0.384. The van der Waals surface area contributed by atoms with Gasteiger partial charge in [0.1, 0.15) is 5.69 Å². The zero-order valence-electron chi connectivity index (χ0n) is 11.3. The molecule has 0 fully saturated rings. The van der Waals surface area contributed by atoms with Crippen molar-refractivity contribution in [3.8, 4) is 6.07 Å². The maximum atomic E-state index is 11.2. The van der Waals surface area contributed by atoms with Crippen LogP contribution in [0.25, 0.3) is 0 Å². The first kappa shape index (κ1) is 15.4. The summed E-state index contributed by atoms with van der Waals surface area (Å²) in [5.41, 5.74) is 0.582. The number of nitrogens with zero attached hydrogens (tertiary/aromatic N) is 3. The first-order valence-electron chi connectivity index (χ1n) is 6.03. The van der Waals surface area contributed by atoms with Crippen LogP contribution in [-0.4, -0.2) is 31.1 Å². The molecule has 0 aliphatic rings. The van der Waals surface area contributed by atoms with Gasteiger partial charge in [-0.1, -0.05) is 0 Å². The van der Waals surface area contributed by atoms with Crippen LogP contribution in [-0.2, 0) is 9.53 Å². The van der Waals surface area contributed by atoms with Gasteiger partial charge in [0.05, 0.1) is 30.1 Å². The van der Waals surface area contributed by atoms with E-state index in [0.717, 1.165) is 0 Å². The predicted octanol–water partition coefficient (Wildman–Crippen LogP) is 1.86. The fourth-order valence-corrected chi connectivity index (χ4v) is 1.78. The second-order valence-corrected chi connectivity index (χ2v) is 3.98. The van der Waals surface area contributed by atoms with Gasteiger partial charge in [-0.15, -0.1) is 0 Å². The van der Waals surface area contributed by atoms with E-state index < -0.39 is 4.92 Å². The van der Waals surface area contributed by atoms with Crippen LogP contribution in [0.1, 0.15) is 18.9 Å². The van der Waals surface area contributed by atoms with Crippen molar-refractivity contribution in [3.63, 3.8) is 0 Å². The molecule has 0 atom stereocenters. The number of rotatable bonds is 6. The van der Waals surface area contributed by atoms with Crippen molar-refractivity contribution in [3.05, 3.63) is 33.9 Å². The zero-order valence-corrected chi connectivity index (χ0v) is 11.3. The van der Waals surface area contributed by atoms with Crippen LogP contribution < -0.4 is 4.90 Å². The van der Waals surface area contributed by atoms with Crippen molar-refractivity contribution in [2.24, 2.45) is 0 Å². The predicted molar refractivity (Wildman–Crippen MR) is 72.3 cm³/mol. The number of nitro benzene ring substituents is 1. The average molecular weight is 277 g/mol. The third-order valence-corrected chi connectivity index (χ3v) is 2.84. The molecule has 7 heteroatoms. The Morgan fingerprint density at radius 3 is 2.75 bits per heavy atom. The summed E-state index contributed by atoms with van der Waals surface area (Å²) in [6, 6.07) is 6.10. The molecule has 0 bridgehead atoms. The van der Waals surface area contributed by atoms with E-state index >= 15 is 0 Å². The summed E-state index contributed by atoms with van der Waals surface area (Å²) in [7, 11) is 1.29. The summed E-state index contributed by atoms with van der Waals surface area (Å²) in [6.07, 6.45) is 0.123. The van der Waals surface area contributed by atoms with Crippen molar-refractivity contribution in [2.75, 3.05) is 25.1 Å². The molecule has 0 heterocycles. The minimum absolute atomic E-state index is 0.0873. The molecule has 0 aliphatic heterocycles. The Balaban J connectivity index is 3.09. The van der Waals surface area contributed by atoms with Crippen LogP contribution >= 0.6 is 0 Å². The molecule has 20 heavy (non-hydrogen) atoms. The largest absolute Gasteiger partial charge is 0.469 e. The monoisotopic (exact) mass is 277 g/mol. The maximum Gasteiger partial charge on any atom is 0.307 e. The molecule has 0 aliphatic carbocycles. The Hall–Kier alpha value is -2.62. The van der Waals surface area contributed by atoms with Crippen molar-refractivity contribution in [1.29, 1.82) is 5.26 Å². The molecule has 7 nitrogen and oxygen atoms in total. The van der Waals surface area contributed by atoms with Crippen LogP contribution in [0.15, 0.2) is 18.2 Å². The Morgan fingerprint density at radius 1 is 1.55 bits per heavy atom. The molecule has 0 N–H and O–H groups in total. The van der Waals surface area contributed by atoms with Gasteiger partial charge in [-0.2, -0.15) is 5.26 Å². The number of benzene rings is 1. The van der Waals surface area contributed by atoms with E-state index in [1.165, 1.54) is 25.3 Å². The summed E-state index contributed by atoms with van der Waals surface area (Å²) >= 11 is 0. The van der Waals surface area contributed by atoms with Crippen molar-refractivity contribution in [2.45, 2.75) is 13.3 Å². The van der Waals surface area contributed by atoms with Gasteiger partial charge in [-0.3, -0.25) is 14.9 Å². The normalized spacial score (nSPS) is 9.65. The van der Waals surface area contributed by atoms with Gasteiger partial charge in [0, 0.05) is 19.2 Å². The fraction of sp³-hybridized carbons (Fsp3) is 0.385. The average Bonchev–Trinajstić information content (AvgIpc) is 2.47. The highest BCUT2D eigenvalue weighted by Gasteiger charge is 2.19. The van der Waals surface area contributed by atoms with E-state index in [1.54, 1.807) is 4.90 Å². The summed E-state index contributed by atoms with van der Waals surface area (Å²) in [5.74, 6) is -0.387. The Morgan fingerprint density at radius 2 is 2.25 bits per heavy atom. The number of hydrogen-bond acceptors (Lipinski definition) is 6. The fourth-order valence-electron chi connectivity index (χ4n) is 1.78. The second kappa shape index (κ2) is 7.09. The molecule has 0 unspecified atom stereocenters. The number of nitro groups is 1. The molecule has 0 radical (unpaired) electrons. The van der Waals surface area contributed by atoms with Crippen molar-refractivity contribution >= 4 is 17.3 Å². The van der Waals surface area contributed by atoms with Crippen LogP contribution in [0, 0.1) is 21.4 Å². The van der Waals surface area contributed by atoms with Crippen LogP contribution in [0.2, 0.25) is 0 Å². The molecule has 0 aromatic heterocycles. The molecule has 1 aromatic rings. The topological polar surface area (TPSA) is 96.5 Å². The third kappa shape index (κ3) is 3.68. The Kier molecular flexibility index (Phi) is 5.47. The number of esters is 1. The number of anilines is 1. The molecule has 0 saturated heterocycles. The minimum atomic E-state index is -0.503. The molecule has 1 rings (SSSR count). The van der Waals surface area contributed by atoms with Crippen LogP contribution in [0.5, 0.6) is 0 Å². The van der Waals surface area contributed by atoms with Gasteiger partial charge >= 0.3 is 5.97 Å². The minimum Gasteiger partial charge on any atom is -0.469 e. The molecule has 0 amide bonds. The molecular formula is C13H15N3O4. The lowest BCUT2D eigenvalue weighted by atomic mass is 10.1. The molecule has 1 aromatic carbocycles. The SMILES string of the molecule is CCN(CCC(=O)OC)c1cc(C#N)ccc1[N+](=O)[O-]. The summed E-state index contributed by atoms with van der Waals surface area (Å²) in [6.45, 7) is 2.59. The van der Waals surface area contributed by atoms with Gasteiger partial charge < -0.3 is 9.64 Å². The quantitative estimate of drug-likeness (QED) is 0.447. The lowest BCUT2D eigenvalue weighted by Crippen LogP contribution is -2.27. The van der Waals surface area contributed by atoms with E-state index in [1.807, 2.05) is 13.0 Å². The summed E-state index contributed by atoms with van der Waals surface area (Å²) in [4.78, 5) is 23.4. The van der Waals surface area contributed by atoms with Gasteiger partial charge in [0.2, 0.25) is 0 Å². The van der Waals surface area contributed by atoms with E-state index in [2.05, 4.69) is 4.74 Å². The van der Waals surface area contributed by atoms with Crippen LogP contribution in [0.3, 0.4) is 0 Å². The number of nitriles is 1. The smallest absolute Gasteiger partial charge is 0.307 e.